The molecule has 0 saturated heterocycles. The van der Waals surface area contributed by atoms with Crippen molar-refractivity contribution >= 4 is 50.7 Å². The third-order valence-corrected chi connectivity index (χ3v) is 8.95. The maximum absolute atomic E-state index is 14.2. The number of methoxy groups -OCH3 is 1. The number of ether oxygens (including phenoxy) is 1. The number of nitrogens with one attached hydrogen (secondary N) is 1. The third kappa shape index (κ3) is 8.18. The van der Waals surface area contributed by atoms with Crippen LogP contribution in [0.5, 0.6) is 5.75 Å². The van der Waals surface area contributed by atoms with Crippen LogP contribution in [-0.4, -0.2) is 50.4 Å². The van der Waals surface area contributed by atoms with Gasteiger partial charge in [0, 0.05) is 17.1 Å². The molecule has 0 heterocycles. The molecule has 0 radical (unpaired) electrons. The molecule has 3 rings (SSSR count). The van der Waals surface area contributed by atoms with E-state index in [1.807, 2.05) is 27.7 Å². The number of benzene rings is 3. The van der Waals surface area contributed by atoms with Crippen LogP contribution in [0.3, 0.4) is 0 Å². The first-order valence-corrected chi connectivity index (χ1v) is 15.7. The van der Waals surface area contributed by atoms with Crippen molar-refractivity contribution in [1.29, 1.82) is 0 Å². The molecule has 3 aromatic rings. The first kappa shape index (κ1) is 33.2. The molecule has 2 amide bonds. The van der Waals surface area contributed by atoms with Crippen molar-refractivity contribution in [2.24, 2.45) is 0 Å². The molecule has 3 aromatic carbocycles. The molecule has 226 valence electrons. The largest absolute Gasteiger partial charge is 0.495 e. The number of amides is 2. The van der Waals surface area contributed by atoms with E-state index in [2.05, 4.69) is 5.32 Å². The summed E-state index contributed by atoms with van der Waals surface area (Å²) in [7, 11) is -2.79. The SMILES string of the molecule is CC[C@@H](C(=O)NC(C)(C)C)N(Cc1ccccc1Cl)C(=O)CN(c1ccc(OC)c(Cl)c1)S(=O)(=O)c1ccc(C)cc1. The van der Waals surface area contributed by atoms with E-state index in [-0.39, 0.29) is 34.5 Å². The number of carbonyl (C=O) groups excluding carboxylic acids is 2. The zero-order valence-corrected chi connectivity index (χ0v) is 27.0. The molecule has 0 spiro atoms. The van der Waals surface area contributed by atoms with Gasteiger partial charge in [-0.1, -0.05) is 66.0 Å². The average molecular weight is 635 g/mol. The van der Waals surface area contributed by atoms with E-state index < -0.39 is 34.1 Å². The van der Waals surface area contributed by atoms with Crippen molar-refractivity contribution < 1.29 is 22.7 Å². The summed E-state index contributed by atoms with van der Waals surface area (Å²) in [6.45, 7) is 8.59. The Morgan fingerprint density at radius 3 is 2.17 bits per heavy atom. The van der Waals surface area contributed by atoms with Gasteiger partial charge in [0.25, 0.3) is 10.0 Å². The zero-order chi connectivity index (χ0) is 31.2. The Bertz CT molecular complexity index is 1520. The Morgan fingerprint density at radius 1 is 0.976 bits per heavy atom. The van der Waals surface area contributed by atoms with Gasteiger partial charge in [-0.05, 0) is 76.1 Å². The van der Waals surface area contributed by atoms with Gasteiger partial charge in [0.2, 0.25) is 11.8 Å². The highest BCUT2D eigenvalue weighted by molar-refractivity contribution is 7.92. The van der Waals surface area contributed by atoms with Crippen molar-refractivity contribution in [3.05, 3.63) is 87.9 Å². The van der Waals surface area contributed by atoms with Crippen LogP contribution >= 0.6 is 23.2 Å². The van der Waals surface area contributed by atoms with Crippen molar-refractivity contribution in [1.82, 2.24) is 10.2 Å². The normalized spacial score (nSPS) is 12.4. The number of carbonyl (C=O) groups is 2. The van der Waals surface area contributed by atoms with Crippen LogP contribution in [0, 0.1) is 6.92 Å². The summed E-state index contributed by atoms with van der Waals surface area (Å²) in [5.74, 6) is -0.594. The van der Waals surface area contributed by atoms with Gasteiger partial charge in [-0.25, -0.2) is 8.42 Å². The molecule has 11 heteroatoms. The quantitative estimate of drug-likeness (QED) is 0.270. The van der Waals surface area contributed by atoms with Crippen LogP contribution < -0.4 is 14.4 Å². The van der Waals surface area contributed by atoms with E-state index in [4.69, 9.17) is 27.9 Å². The number of hydrogen-bond donors (Lipinski definition) is 1. The van der Waals surface area contributed by atoms with Gasteiger partial charge in [-0.2, -0.15) is 0 Å². The van der Waals surface area contributed by atoms with E-state index in [0.29, 0.717) is 16.3 Å². The maximum atomic E-state index is 14.2. The van der Waals surface area contributed by atoms with Crippen molar-refractivity contribution in [2.75, 3.05) is 18.0 Å². The highest BCUT2D eigenvalue weighted by Crippen LogP contribution is 2.32. The second kappa shape index (κ2) is 13.8. The molecule has 0 bridgehead atoms. The molecule has 0 aromatic heterocycles. The lowest BCUT2D eigenvalue weighted by Crippen LogP contribution is -2.55. The molecule has 0 aliphatic rings. The lowest BCUT2D eigenvalue weighted by molar-refractivity contribution is -0.141. The molecule has 0 aliphatic heterocycles. The minimum atomic E-state index is -4.24. The van der Waals surface area contributed by atoms with Gasteiger partial charge in [-0.15, -0.1) is 0 Å². The molecule has 0 aliphatic carbocycles. The van der Waals surface area contributed by atoms with Crippen molar-refractivity contribution in [3.63, 3.8) is 0 Å². The topological polar surface area (TPSA) is 96.0 Å². The summed E-state index contributed by atoms with van der Waals surface area (Å²) in [6, 6.07) is 16.9. The van der Waals surface area contributed by atoms with Crippen LogP contribution in [-0.2, 0) is 26.2 Å². The van der Waals surface area contributed by atoms with Gasteiger partial charge in [0.15, 0.2) is 0 Å². The summed E-state index contributed by atoms with van der Waals surface area (Å²) in [5, 5.41) is 3.54. The fourth-order valence-electron chi connectivity index (χ4n) is 4.36. The molecule has 1 atom stereocenters. The predicted octanol–water partition coefficient (Wildman–Crippen LogP) is 6.23. The van der Waals surface area contributed by atoms with E-state index in [1.54, 1.807) is 43.3 Å². The van der Waals surface area contributed by atoms with Gasteiger partial charge in [-0.3, -0.25) is 13.9 Å². The Kier molecular flexibility index (Phi) is 10.9. The second-order valence-corrected chi connectivity index (χ2v) is 13.6. The second-order valence-electron chi connectivity index (χ2n) is 10.9. The Hall–Kier alpha value is -3.27. The summed E-state index contributed by atoms with van der Waals surface area (Å²) >= 11 is 12.8. The number of anilines is 1. The predicted molar refractivity (Wildman–Crippen MR) is 168 cm³/mol. The van der Waals surface area contributed by atoms with Gasteiger partial charge < -0.3 is 15.0 Å². The van der Waals surface area contributed by atoms with Crippen LogP contribution in [0.25, 0.3) is 0 Å². The molecular formula is C31H37Cl2N3O5S. The number of nitrogens with zero attached hydrogens (tertiary/aromatic N) is 2. The van der Waals surface area contributed by atoms with Gasteiger partial charge in [0.05, 0.1) is 22.7 Å². The standard InChI is InChI=1S/C31H37Cl2N3O5S/c1-7-27(30(38)34-31(3,4)5)35(19-22-10-8-9-11-25(22)32)29(37)20-36(23-14-17-28(41-6)26(33)18-23)42(39,40)24-15-12-21(2)13-16-24/h8-18,27H,7,19-20H2,1-6H3,(H,34,38)/t27-/m0/s1. The van der Waals surface area contributed by atoms with E-state index >= 15 is 0 Å². The lowest BCUT2D eigenvalue weighted by atomic mass is 10.1. The lowest BCUT2D eigenvalue weighted by Gasteiger charge is -2.35. The first-order chi connectivity index (χ1) is 19.7. The highest BCUT2D eigenvalue weighted by Gasteiger charge is 2.35. The fourth-order valence-corrected chi connectivity index (χ4v) is 6.21. The first-order valence-electron chi connectivity index (χ1n) is 13.5. The molecule has 0 saturated carbocycles. The Balaban J connectivity index is 2.12. The zero-order valence-electron chi connectivity index (χ0n) is 24.6. The van der Waals surface area contributed by atoms with Crippen LogP contribution in [0.4, 0.5) is 5.69 Å². The van der Waals surface area contributed by atoms with E-state index in [0.717, 1.165) is 9.87 Å². The average Bonchev–Trinajstić information content (AvgIpc) is 2.91. The third-order valence-electron chi connectivity index (χ3n) is 6.49. The number of hydrogen-bond acceptors (Lipinski definition) is 5. The van der Waals surface area contributed by atoms with Crippen molar-refractivity contribution in [3.8, 4) is 5.75 Å². The summed E-state index contributed by atoms with van der Waals surface area (Å²) in [6.07, 6.45) is 0.289. The number of sulfonamides is 1. The molecule has 42 heavy (non-hydrogen) atoms. The van der Waals surface area contributed by atoms with E-state index in [1.165, 1.54) is 42.3 Å². The fraction of sp³-hybridized carbons (Fsp3) is 0.355. The van der Waals surface area contributed by atoms with Crippen LogP contribution in [0.2, 0.25) is 10.0 Å². The van der Waals surface area contributed by atoms with Gasteiger partial charge >= 0.3 is 0 Å². The number of aryl methyl sites for hydroxylation is 1. The molecular weight excluding hydrogens is 597 g/mol. The summed E-state index contributed by atoms with van der Waals surface area (Å²) in [4.78, 5) is 29.0. The Morgan fingerprint density at radius 2 is 1.62 bits per heavy atom. The monoisotopic (exact) mass is 633 g/mol. The number of rotatable bonds is 11. The summed E-state index contributed by atoms with van der Waals surface area (Å²) < 4.78 is 34.3. The highest BCUT2D eigenvalue weighted by atomic mass is 35.5. The van der Waals surface area contributed by atoms with Crippen LogP contribution in [0.15, 0.2) is 71.6 Å². The Labute approximate surface area is 258 Å². The minimum absolute atomic E-state index is 0.00279. The molecule has 0 fully saturated rings. The smallest absolute Gasteiger partial charge is 0.264 e. The number of halogens is 2. The van der Waals surface area contributed by atoms with Gasteiger partial charge in [0.1, 0.15) is 18.3 Å². The van der Waals surface area contributed by atoms with E-state index in [9.17, 15) is 18.0 Å². The van der Waals surface area contributed by atoms with Crippen molar-refractivity contribution in [2.45, 2.75) is 64.1 Å². The molecule has 1 N–H and O–H groups in total. The maximum Gasteiger partial charge on any atom is 0.264 e. The minimum Gasteiger partial charge on any atom is -0.495 e. The summed E-state index contributed by atoms with van der Waals surface area (Å²) in [5.41, 5.74) is 1.12. The molecule has 8 nitrogen and oxygen atoms in total. The molecule has 0 unspecified atom stereocenters. The van der Waals surface area contributed by atoms with Crippen LogP contribution in [0.1, 0.15) is 45.2 Å².